The van der Waals surface area contributed by atoms with Crippen molar-refractivity contribution in [2.45, 2.75) is 185 Å². The van der Waals surface area contributed by atoms with Gasteiger partial charge in [-0.25, -0.2) is 0 Å². The first kappa shape index (κ1) is 49.3. The van der Waals surface area contributed by atoms with Gasteiger partial charge in [0.1, 0.15) is 12.4 Å². The lowest BCUT2D eigenvalue weighted by molar-refractivity contribution is -0.339. The minimum Gasteiger partial charge on any atom is -0.497 e. The summed E-state index contributed by atoms with van der Waals surface area (Å²) in [6.07, 6.45) is 4.50. The summed E-state index contributed by atoms with van der Waals surface area (Å²) in [5.74, 6) is -1.25. The number of carbonyl (C=O) groups excluding carboxylic acids is 1. The Morgan fingerprint density at radius 1 is 0.892 bits per heavy atom. The molecule has 13 heteroatoms. The number of benzene rings is 2. The van der Waals surface area contributed by atoms with Gasteiger partial charge < -0.3 is 52.1 Å². The molecular formula is C52H75BrO12. The second kappa shape index (κ2) is 19.7. The van der Waals surface area contributed by atoms with Crippen molar-refractivity contribution >= 4 is 21.9 Å². The molecule has 0 N–H and O–H groups in total. The van der Waals surface area contributed by atoms with Crippen molar-refractivity contribution in [1.29, 1.82) is 0 Å². The Hall–Kier alpha value is -2.17. The summed E-state index contributed by atoms with van der Waals surface area (Å²) in [5.41, 5.74) is 0.959. The number of esters is 1. The van der Waals surface area contributed by atoms with Crippen molar-refractivity contribution in [3.05, 3.63) is 64.1 Å². The maximum atomic E-state index is 12.8. The van der Waals surface area contributed by atoms with Crippen LogP contribution in [0.3, 0.4) is 0 Å². The van der Waals surface area contributed by atoms with Gasteiger partial charge >= 0.3 is 5.97 Å². The average Bonchev–Trinajstić information content (AvgIpc) is 4.11. The van der Waals surface area contributed by atoms with E-state index in [1.807, 2.05) is 43.3 Å². The van der Waals surface area contributed by atoms with Crippen LogP contribution in [0.4, 0.5) is 0 Å². The number of halogens is 1. The lowest BCUT2D eigenvalue weighted by Gasteiger charge is -2.50. The molecule has 18 atom stereocenters. The van der Waals surface area contributed by atoms with Crippen LogP contribution in [0.2, 0.25) is 0 Å². The normalized spacial score (nSPS) is 42.1. The van der Waals surface area contributed by atoms with Gasteiger partial charge in [0.2, 0.25) is 0 Å². The largest absolute Gasteiger partial charge is 0.497 e. The standard InChI is InChI=1S/C52H75BrO12/c1-12-50(46-31(3)26-40(60-46)43-30(2)25-32(4)52(63-43)29-59-48(64-52)37-15-19-39(55-9)20-16-37)22-21-42(61-50)49(8)23-24-51(65-49)27-41(58-28-36-13-17-38(53)18-14-36)33(5)45(62-51)34(6)44(56-10)35(7)47(54)57-11/h13-20,30-35,40-46,48H,12,21-29H2,1-11H3/t30-,31-,32+,33+,34-,35-,40+,41-,42+,43-,44+,45-,46+,48?,49-,50-,51+,52+/m0/s1. The second-order valence-corrected chi connectivity index (χ2v) is 21.6. The van der Waals surface area contributed by atoms with Gasteiger partial charge in [0.25, 0.3) is 0 Å². The highest BCUT2D eigenvalue weighted by atomic mass is 79.9. The lowest BCUT2D eigenvalue weighted by atomic mass is 9.78. The molecule has 362 valence electrons. The molecule has 6 aliphatic rings. The highest BCUT2D eigenvalue weighted by Gasteiger charge is 2.63. The zero-order valence-electron chi connectivity index (χ0n) is 40.5. The SMILES string of the molecule is CC[C@@]1([C@@H]2O[C@@H]([C@H]3O[C@@]4(COC(c5ccc(OC)cc5)O4)[C@H](C)C[C@@H]3C)C[C@@H]2C)CC[C@H]([C@]2(C)CC[C@]3(C[C@H](OCc4ccc(Br)cc4)[C@@H](C)[C@@H]([C@@H](C)[C@@H](OC)[C@H](C)C(=O)OC)O3)O2)O1. The van der Waals surface area contributed by atoms with Crippen LogP contribution in [0.25, 0.3) is 0 Å². The van der Waals surface area contributed by atoms with Gasteiger partial charge in [0.15, 0.2) is 17.9 Å². The first-order valence-corrected chi connectivity index (χ1v) is 25.1. The first-order valence-electron chi connectivity index (χ1n) is 24.3. The van der Waals surface area contributed by atoms with Crippen LogP contribution < -0.4 is 4.74 Å². The Kier molecular flexibility index (Phi) is 14.9. The molecule has 6 aliphatic heterocycles. The van der Waals surface area contributed by atoms with E-state index in [1.54, 1.807) is 14.2 Å². The Bertz CT molecular complexity index is 1920. The van der Waals surface area contributed by atoms with Crippen LogP contribution >= 0.6 is 15.9 Å². The minimum atomic E-state index is -0.902. The zero-order valence-corrected chi connectivity index (χ0v) is 42.1. The smallest absolute Gasteiger partial charge is 0.311 e. The number of carbonyl (C=O) groups is 1. The van der Waals surface area contributed by atoms with E-state index < -0.39 is 41.1 Å². The molecule has 0 saturated carbocycles. The van der Waals surface area contributed by atoms with Crippen LogP contribution in [-0.4, -0.2) is 99.4 Å². The summed E-state index contributed by atoms with van der Waals surface area (Å²) in [6.45, 7) is 18.2. The van der Waals surface area contributed by atoms with Crippen molar-refractivity contribution in [3.8, 4) is 5.75 Å². The van der Waals surface area contributed by atoms with E-state index in [9.17, 15) is 4.79 Å². The van der Waals surface area contributed by atoms with E-state index in [4.69, 9.17) is 52.1 Å². The molecule has 0 aliphatic carbocycles. The highest BCUT2D eigenvalue weighted by Crippen LogP contribution is 2.56. The van der Waals surface area contributed by atoms with Gasteiger partial charge in [-0.1, -0.05) is 81.7 Å². The zero-order chi connectivity index (χ0) is 46.5. The fourth-order valence-electron chi connectivity index (χ4n) is 12.6. The van der Waals surface area contributed by atoms with E-state index in [0.29, 0.717) is 26.1 Å². The summed E-state index contributed by atoms with van der Waals surface area (Å²) in [7, 11) is 4.74. The van der Waals surface area contributed by atoms with Crippen LogP contribution in [0.15, 0.2) is 53.0 Å². The van der Waals surface area contributed by atoms with Crippen LogP contribution in [0, 0.1) is 35.5 Å². The van der Waals surface area contributed by atoms with E-state index >= 15 is 0 Å². The molecule has 6 fully saturated rings. The van der Waals surface area contributed by atoms with E-state index in [1.165, 1.54) is 7.11 Å². The number of hydrogen-bond acceptors (Lipinski definition) is 12. The predicted molar refractivity (Wildman–Crippen MR) is 247 cm³/mol. The maximum absolute atomic E-state index is 12.8. The molecule has 0 aromatic heterocycles. The Balaban J connectivity index is 0.965. The van der Waals surface area contributed by atoms with Gasteiger partial charge in [-0.3, -0.25) is 4.79 Å². The highest BCUT2D eigenvalue weighted by molar-refractivity contribution is 9.10. The number of ether oxygens (including phenoxy) is 11. The fourth-order valence-corrected chi connectivity index (χ4v) is 12.8. The van der Waals surface area contributed by atoms with Crippen molar-refractivity contribution in [2.75, 3.05) is 27.9 Å². The molecule has 2 aromatic carbocycles. The predicted octanol–water partition coefficient (Wildman–Crippen LogP) is 10.1. The number of methoxy groups -OCH3 is 3. The first-order chi connectivity index (χ1) is 31.0. The third kappa shape index (κ3) is 9.60. The number of hydrogen-bond donors (Lipinski definition) is 0. The molecular weight excluding hydrogens is 896 g/mol. The van der Waals surface area contributed by atoms with Crippen molar-refractivity contribution in [2.24, 2.45) is 35.5 Å². The maximum Gasteiger partial charge on any atom is 0.311 e. The summed E-state index contributed by atoms with van der Waals surface area (Å²) < 4.78 is 73.6. The van der Waals surface area contributed by atoms with Gasteiger partial charge in [-0.15, -0.1) is 0 Å². The lowest BCUT2D eigenvalue weighted by Crippen LogP contribution is -2.57. The van der Waals surface area contributed by atoms with Gasteiger partial charge in [-0.2, -0.15) is 0 Å². The number of rotatable bonds is 14. The topological polar surface area (TPSA) is 119 Å². The van der Waals surface area contributed by atoms with Crippen molar-refractivity contribution < 1.29 is 56.9 Å². The van der Waals surface area contributed by atoms with Gasteiger partial charge in [-0.05, 0) is 94.0 Å². The van der Waals surface area contributed by atoms with E-state index in [0.717, 1.165) is 59.9 Å². The molecule has 2 spiro atoms. The summed E-state index contributed by atoms with van der Waals surface area (Å²) in [6, 6.07) is 16.1. The monoisotopic (exact) mass is 970 g/mol. The Morgan fingerprint density at radius 2 is 1.63 bits per heavy atom. The molecule has 6 saturated heterocycles. The van der Waals surface area contributed by atoms with Gasteiger partial charge in [0, 0.05) is 47.7 Å². The molecule has 0 bridgehead atoms. The fraction of sp³-hybridized carbons (Fsp3) is 0.750. The Labute approximate surface area is 395 Å². The summed E-state index contributed by atoms with van der Waals surface area (Å²) >= 11 is 3.56. The van der Waals surface area contributed by atoms with Crippen LogP contribution in [-0.2, 0) is 58.8 Å². The summed E-state index contributed by atoms with van der Waals surface area (Å²) in [5, 5.41) is 0. The van der Waals surface area contributed by atoms with E-state index in [-0.39, 0.29) is 72.2 Å². The molecule has 1 unspecified atom stereocenters. The Morgan fingerprint density at radius 3 is 2.31 bits per heavy atom. The van der Waals surface area contributed by atoms with Crippen molar-refractivity contribution in [3.63, 3.8) is 0 Å². The van der Waals surface area contributed by atoms with Crippen molar-refractivity contribution in [1.82, 2.24) is 0 Å². The molecule has 6 heterocycles. The summed E-state index contributed by atoms with van der Waals surface area (Å²) in [4.78, 5) is 12.8. The minimum absolute atomic E-state index is 0.00920. The third-order valence-electron chi connectivity index (χ3n) is 16.5. The van der Waals surface area contributed by atoms with Crippen LogP contribution in [0.1, 0.15) is 124 Å². The molecule has 65 heavy (non-hydrogen) atoms. The molecule has 2 aromatic rings. The van der Waals surface area contributed by atoms with E-state index in [2.05, 4.69) is 76.5 Å². The second-order valence-electron chi connectivity index (χ2n) is 20.7. The van der Waals surface area contributed by atoms with Crippen LogP contribution in [0.5, 0.6) is 5.75 Å². The average molecular weight is 972 g/mol. The molecule has 0 radical (unpaired) electrons. The molecule has 8 rings (SSSR count). The molecule has 0 amide bonds. The third-order valence-corrected chi connectivity index (χ3v) is 17.0. The molecule has 12 nitrogen and oxygen atoms in total. The quantitative estimate of drug-likeness (QED) is 0.168. The van der Waals surface area contributed by atoms with Gasteiger partial charge in [0.05, 0.1) is 80.7 Å².